The number of guanidine groups is 1. The van der Waals surface area contributed by atoms with Gasteiger partial charge in [-0.3, -0.25) is 4.99 Å². The summed E-state index contributed by atoms with van der Waals surface area (Å²) >= 11 is 0. The Morgan fingerprint density at radius 1 is 1.12 bits per heavy atom. The van der Waals surface area contributed by atoms with Crippen molar-refractivity contribution in [2.24, 2.45) is 4.99 Å². The van der Waals surface area contributed by atoms with Gasteiger partial charge in [-0.15, -0.1) is 0 Å². The van der Waals surface area contributed by atoms with Gasteiger partial charge in [-0.1, -0.05) is 6.07 Å². The molecule has 0 atom stereocenters. The minimum absolute atomic E-state index is 0.637. The van der Waals surface area contributed by atoms with E-state index in [1.165, 1.54) is 0 Å². The highest BCUT2D eigenvalue weighted by atomic mass is 16.5. The summed E-state index contributed by atoms with van der Waals surface area (Å²) < 4.78 is 15.8. The van der Waals surface area contributed by atoms with E-state index in [0.29, 0.717) is 13.2 Å². The smallest absolute Gasteiger partial charge is 0.195 e. The molecule has 0 saturated heterocycles. The number of nitrogens with one attached hydrogen (secondary N) is 2. The number of hydrogen-bond acceptors (Lipinski definition) is 5. The van der Waals surface area contributed by atoms with Gasteiger partial charge in [-0.2, -0.15) is 0 Å². The fourth-order valence-corrected chi connectivity index (χ4v) is 2.10. The molecule has 0 spiro atoms. The molecular formula is C18H32N4O3. The van der Waals surface area contributed by atoms with E-state index in [4.69, 9.17) is 14.2 Å². The fraction of sp³-hybridized carbons (Fsp3) is 0.611. The molecule has 7 nitrogen and oxygen atoms in total. The lowest BCUT2D eigenvalue weighted by molar-refractivity contribution is 0.162. The van der Waals surface area contributed by atoms with Crippen LogP contribution in [0.25, 0.3) is 0 Å². The molecule has 1 rings (SSSR count). The first-order valence-corrected chi connectivity index (χ1v) is 8.56. The molecule has 142 valence electrons. The molecule has 25 heavy (non-hydrogen) atoms. The molecule has 1 aromatic rings. The van der Waals surface area contributed by atoms with E-state index >= 15 is 0 Å². The number of anilines is 1. The van der Waals surface area contributed by atoms with Crippen LogP contribution in [0.2, 0.25) is 0 Å². The Labute approximate surface area is 151 Å². The summed E-state index contributed by atoms with van der Waals surface area (Å²) in [7, 11) is 7.24. The number of methoxy groups -OCH3 is 2. The largest absolute Gasteiger partial charge is 0.493 e. The van der Waals surface area contributed by atoms with Gasteiger partial charge in [0.05, 0.1) is 13.2 Å². The summed E-state index contributed by atoms with van der Waals surface area (Å²) in [5.74, 6) is 1.56. The maximum atomic E-state index is 5.72. The minimum Gasteiger partial charge on any atom is -0.493 e. The molecule has 1 aromatic carbocycles. The van der Waals surface area contributed by atoms with Crippen LogP contribution in [0.3, 0.4) is 0 Å². The molecule has 0 radical (unpaired) electrons. The van der Waals surface area contributed by atoms with Crippen molar-refractivity contribution in [3.8, 4) is 5.75 Å². The van der Waals surface area contributed by atoms with Crippen molar-refractivity contribution in [1.82, 2.24) is 10.2 Å². The average molecular weight is 352 g/mol. The third kappa shape index (κ3) is 9.91. The predicted octanol–water partition coefficient (Wildman–Crippen LogP) is 1.67. The van der Waals surface area contributed by atoms with Gasteiger partial charge in [0.25, 0.3) is 0 Å². The third-order valence-corrected chi connectivity index (χ3v) is 3.55. The Balaban J connectivity index is 2.39. The fourth-order valence-electron chi connectivity index (χ4n) is 2.10. The zero-order chi connectivity index (χ0) is 18.3. The van der Waals surface area contributed by atoms with Crippen LogP contribution in [0.5, 0.6) is 5.75 Å². The first kappa shape index (κ1) is 21.2. The zero-order valence-electron chi connectivity index (χ0n) is 15.9. The number of benzene rings is 1. The van der Waals surface area contributed by atoms with E-state index in [9.17, 15) is 0 Å². The molecule has 0 saturated carbocycles. The first-order valence-electron chi connectivity index (χ1n) is 8.56. The van der Waals surface area contributed by atoms with Gasteiger partial charge in [-0.05, 0) is 19.2 Å². The maximum Gasteiger partial charge on any atom is 0.195 e. The van der Waals surface area contributed by atoms with Gasteiger partial charge in [0.15, 0.2) is 5.96 Å². The second-order valence-corrected chi connectivity index (χ2v) is 5.64. The first-order chi connectivity index (χ1) is 12.2. The van der Waals surface area contributed by atoms with Crippen LogP contribution in [-0.2, 0) is 9.47 Å². The molecule has 2 N–H and O–H groups in total. The van der Waals surface area contributed by atoms with Crippen LogP contribution in [0.4, 0.5) is 5.69 Å². The Morgan fingerprint density at radius 3 is 2.64 bits per heavy atom. The van der Waals surface area contributed by atoms with Crippen LogP contribution in [0, 0.1) is 0 Å². The molecule has 0 amide bonds. The van der Waals surface area contributed by atoms with E-state index in [1.807, 2.05) is 24.3 Å². The van der Waals surface area contributed by atoms with Gasteiger partial charge >= 0.3 is 0 Å². The molecule has 0 aliphatic carbocycles. The second kappa shape index (κ2) is 13.5. The summed E-state index contributed by atoms with van der Waals surface area (Å²) in [6, 6.07) is 7.85. The third-order valence-electron chi connectivity index (χ3n) is 3.55. The second-order valence-electron chi connectivity index (χ2n) is 5.64. The highest BCUT2D eigenvalue weighted by Gasteiger charge is 2.03. The predicted molar refractivity (Wildman–Crippen MR) is 103 cm³/mol. The Morgan fingerprint density at radius 2 is 1.92 bits per heavy atom. The van der Waals surface area contributed by atoms with Crippen LogP contribution >= 0.6 is 0 Å². The Bertz CT molecular complexity index is 497. The summed E-state index contributed by atoms with van der Waals surface area (Å²) in [5.41, 5.74) is 0.935. The van der Waals surface area contributed by atoms with Gasteiger partial charge in [0.1, 0.15) is 5.75 Å². The molecule has 0 aromatic heterocycles. The zero-order valence-corrected chi connectivity index (χ0v) is 15.9. The lowest BCUT2D eigenvalue weighted by Gasteiger charge is -2.18. The summed E-state index contributed by atoms with van der Waals surface area (Å²) in [5, 5.41) is 6.58. The number of nitrogens with zero attached hydrogens (tertiary/aromatic N) is 2. The molecule has 0 aliphatic rings. The lowest BCUT2D eigenvalue weighted by Crippen LogP contribution is -2.37. The van der Waals surface area contributed by atoms with Crippen LogP contribution in [0.15, 0.2) is 29.3 Å². The number of likely N-dealkylation sites (N-methyl/N-ethyl adjacent to an activating group) is 1. The van der Waals surface area contributed by atoms with E-state index in [2.05, 4.69) is 27.6 Å². The quantitative estimate of drug-likeness (QED) is 0.339. The van der Waals surface area contributed by atoms with Crippen LogP contribution in [0.1, 0.15) is 6.42 Å². The standard InChI is InChI=1S/C18H32N4O3/c1-19-18(20-9-10-22(2)11-14-24-4)21-16-7-5-8-17(15-16)25-13-6-12-23-3/h5,7-8,15H,6,9-14H2,1-4H3,(H2,19,20,21). The van der Waals surface area contributed by atoms with Gasteiger partial charge < -0.3 is 29.7 Å². The normalized spacial score (nSPS) is 11.6. The molecular weight excluding hydrogens is 320 g/mol. The van der Waals surface area contributed by atoms with E-state index < -0.39 is 0 Å². The minimum atomic E-state index is 0.637. The van der Waals surface area contributed by atoms with Crippen molar-refractivity contribution in [3.63, 3.8) is 0 Å². The number of hydrogen-bond donors (Lipinski definition) is 2. The highest BCUT2D eigenvalue weighted by Crippen LogP contribution is 2.17. The van der Waals surface area contributed by atoms with Crippen LogP contribution < -0.4 is 15.4 Å². The lowest BCUT2D eigenvalue weighted by atomic mass is 10.3. The molecule has 0 unspecified atom stereocenters. The van der Waals surface area contributed by atoms with Gasteiger partial charge in [-0.25, -0.2) is 0 Å². The van der Waals surface area contributed by atoms with Gasteiger partial charge in [0.2, 0.25) is 0 Å². The summed E-state index contributed by atoms with van der Waals surface area (Å²) in [4.78, 5) is 6.46. The number of rotatable bonds is 12. The highest BCUT2D eigenvalue weighted by molar-refractivity contribution is 5.93. The summed E-state index contributed by atoms with van der Waals surface area (Å²) in [6.45, 7) is 4.69. The van der Waals surface area contributed by atoms with Crippen molar-refractivity contribution >= 4 is 11.6 Å². The van der Waals surface area contributed by atoms with Crippen molar-refractivity contribution in [3.05, 3.63) is 24.3 Å². The Kier molecular flexibility index (Phi) is 11.4. The van der Waals surface area contributed by atoms with Crippen molar-refractivity contribution in [2.75, 3.05) is 73.1 Å². The monoisotopic (exact) mass is 352 g/mol. The molecule has 0 fully saturated rings. The van der Waals surface area contributed by atoms with Crippen LogP contribution in [-0.4, -0.2) is 78.6 Å². The maximum absolute atomic E-state index is 5.72. The summed E-state index contributed by atoms with van der Waals surface area (Å²) in [6.07, 6.45) is 0.869. The van der Waals surface area contributed by atoms with E-state index in [0.717, 1.165) is 50.1 Å². The van der Waals surface area contributed by atoms with Crippen molar-refractivity contribution < 1.29 is 14.2 Å². The molecule has 0 aliphatic heterocycles. The molecule has 0 bridgehead atoms. The van der Waals surface area contributed by atoms with Crippen molar-refractivity contribution in [2.45, 2.75) is 6.42 Å². The molecule has 0 heterocycles. The van der Waals surface area contributed by atoms with Gasteiger partial charge in [0, 0.05) is 65.7 Å². The molecule has 7 heteroatoms. The number of ether oxygens (including phenoxy) is 3. The average Bonchev–Trinajstić information content (AvgIpc) is 2.63. The topological polar surface area (TPSA) is 67.4 Å². The van der Waals surface area contributed by atoms with E-state index in [-0.39, 0.29) is 0 Å². The van der Waals surface area contributed by atoms with Crippen molar-refractivity contribution in [1.29, 1.82) is 0 Å². The Hall–Kier alpha value is -1.83. The van der Waals surface area contributed by atoms with E-state index in [1.54, 1.807) is 21.3 Å². The SMILES string of the molecule is CN=C(NCCN(C)CCOC)Nc1cccc(OCCCOC)c1. The number of aliphatic imine (C=N–C) groups is 1.